The van der Waals surface area contributed by atoms with E-state index in [2.05, 4.69) is 77.6 Å². The molecule has 0 bridgehead atoms. The highest BCUT2D eigenvalue weighted by Gasteiger charge is 2.12. The van der Waals surface area contributed by atoms with Crippen LogP contribution in [0.1, 0.15) is 10.6 Å². The number of thiazole rings is 1. The van der Waals surface area contributed by atoms with Gasteiger partial charge in [0.1, 0.15) is 11.7 Å². The Bertz CT molecular complexity index is 754. The summed E-state index contributed by atoms with van der Waals surface area (Å²) < 4.78 is 3.55. The van der Waals surface area contributed by atoms with Gasteiger partial charge in [0, 0.05) is 24.9 Å². The molecule has 0 aliphatic heterocycles. The van der Waals surface area contributed by atoms with Crippen molar-refractivity contribution in [3.05, 3.63) is 59.1 Å². The van der Waals surface area contributed by atoms with Crippen LogP contribution in [0, 0.1) is 0 Å². The van der Waals surface area contributed by atoms with E-state index in [1.54, 1.807) is 0 Å². The third-order valence-corrected chi connectivity index (χ3v) is 4.57. The maximum Gasteiger partial charge on any atom is 0.262 e. The van der Waals surface area contributed by atoms with E-state index in [9.17, 15) is 0 Å². The number of rotatable bonds is 3. The summed E-state index contributed by atoms with van der Waals surface area (Å²) in [5.74, 6) is 0. The monoisotopic (exact) mass is 281 g/mol. The number of aromatic nitrogens is 1. The van der Waals surface area contributed by atoms with Crippen molar-refractivity contribution < 1.29 is 4.57 Å². The van der Waals surface area contributed by atoms with Crippen molar-refractivity contribution in [2.24, 2.45) is 7.05 Å². The van der Waals surface area contributed by atoms with Gasteiger partial charge in [0.05, 0.1) is 0 Å². The minimum atomic E-state index is 1.13. The maximum atomic E-state index is 3.13. The van der Waals surface area contributed by atoms with Crippen LogP contribution in [0.25, 0.3) is 22.4 Å². The van der Waals surface area contributed by atoms with Crippen molar-refractivity contribution in [1.29, 1.82) is 0 Å². The van der Waals surface area contributed by atoms with Gasteiger partial charge in [0.25, 0.3) is 5.01 Å². The number of hydrogen-bond donors (Lipinski definition) is 1. The first-order valence-corrected chi connectivity index (χ1v) is 7.43. The van der Waals surface area contributed by atoms with Gasteiger partial charge < -0.3 is 5.32 Å². The van der Waals surface area contributed by atoms with Crippen molar-refractivity contribution in [3.63, 3.8) is 0 Å². The summed E-state index contributed by atoms with van der Waals surface area (Å²) in [6, 6.07) is 16.9. The van der Waals surface area contributed by atoms with Gasteiger partial charge in [-0.3, -0.25) is 0 Å². The average molecular weight is 281 g/mol. The first kappa shape index (κ1) is 12.9. The molecule has 0 spiro atoms. The van der Waals surface area contributed by atoms with E-state index in [0.717, 1.165) is 5.69 Å². The van der Waals surface area contributed by atoms with Crippen LogP contribution in [0.15, 0.2) is 48.5 Å². The van der Waals surface area contributed by atoms with Crippen molar-refractivity contribution >= 4 is 39.4 Å². The molecule has 0 radical (unpaired) electrons. The van der Waals surface area contributed by atoms with Crippen LogP contribution in [0.3, 0.4) is 0 Å². The number of para-hydroxylation sites is 1. The highest BCUT2D eigenvalue weighted by Crippen LogP contribution is 2.21. The molecule has 0 amide bonds. The molecule has 0 fully saturated rings. The second-order valence-electron chi connectivity index (χ2n) is 4.67. The lowest BCUT2D eigenvalue weighted by Crippen LogP contribution is -2.28. The molecule has 0 saturated heterocycles. The van der Waals surface area contributed by atoms with E-state index in [1.807, 2.05) is 18.4 Å². The molecule has 1 heterocycles. The van der Waals surface area contributed by atoms with Gasteiger partial charge in [-0.1, -0.05) is 35.6 Å². The summed E-state index contributed by atoms with van der Waals surface area (Å²) in [6.07, 6.45) is 4.34. The number of benzene rings is 2. The zero-order valence-corrected chi connectivity index (χ0v) is 12.4. The molecule has 0 aliphatic rings. The van der Waals surface area contributed by atoms with Crippen LogP contribution >= 0.6 is 11.3 Å². The maximum absolute atomic E-state index is 3.13. The SMILES string of the molecule is CNc1ccc(/C=C/c2sc3ccccc3[n+]2C)cc1. The minimum Gasteiger partial charge on any atom is -0.388 e. The first-order chi connectivity index (χ1) is 9.78. The van der Waals surface area contributed by atoms with E-state index in [4.69, 9.17) is 0 Å². The van der Waals surface area contributed by atoms with Crippen molar-refractivity contribution in [2.75, 3.05) is 12.4 Å². The number of nitrogens with one attached hydrogen (secondary N) is 1. The predicted octanol–water partition coefficient (Wildman–Crippen LogP) is 3.94. The van der Waals surface area contributed by atoms with E-state index in [0.29, 0.717) is 0 Å². The van der Waals surface area contributed by atoms with Gasteiger partial charge in [-0.25, -0.2) is 0 Å². The van der Waals surface area contributed by atoms with E-state index >= 15 is 0 Å². The molecule has 100 valence electrons. The first-order valence-electron chi connectivity index (χ1n) is 6.61. The van der Waals surface area contributed by atoms with Crippen LogP contribution in [0.4, 0.5) is 5.69 Å². The van der Waals surface area contributed by atoms with Gasteiger partial charge in [0.15, 0.2) is 0 Å². The van der Waals surface area contributed by atoms with Crippen molar-refractivity contribution in [1.82, 2.24) is 0 Å². The summed E-state index contributed by atoms with van der Waals surface area (Å²) in [7, 11) is 4.05. The molecule has 2 aromatic carbocycles. The molecule has 0 unspecified atom stereocenters. The lowest BCUT2D eigenvalue weighted by atomic mass is 10.2. The summed E-state index contributed by atoms with van der Waals surface area (Å²) >= 11 is 1.81. The average Bonchev–Trinajstić information content (AvgIpc) is 2.83. The fraction of sp³-hybridized carbons (Fsp3) is 0.118. The summed E-state index contributed by atoms with van der Waals surface area (Å²) in [6.45, 7) is 0. The summed E-state index contributed by atoms with van der Waals surface area (Å²) in [5.41, 5.74) is 3.62. The molecule has 1 aromatic heterocycles. The lowest BCUT2D eigenvalue weighted by Gasteiger charge is -1.98. The molecule has 0 saturated carbocycles. The zero-order chi connectivity index (χ0) is 13.9. The fourth-order valence-electron chi connectivity index (χ4n) is 2.19. The molecule has 0 atom stereocenters. The third-order valence-electron chi connectivity index (χ3n) is 3.39. The number of nitrogens with zero attached hydrogens (tertiary/aromatic N) is 1. The molecule has 0 aliphatic carbocycles. The van der Waals surface area contributed by atoms with E-state index in [1.165, 1.54) is 20.8 Å². The number of hydrogen-bond acceptors (Lipinski definition) is 2. The third kappa shape index (κ3) is 2.45. The standard InChI is InChI=1S/C17H16N2S/c1-18-14-10-7-13(8-11-14)9-12-17-19(2)15-5-3-4-6-16(15)20-17/h3-12H,1-2H3/p+1. The highest BCUT2D eigenvalue weighted by atomic mass is 32.1. The summed E-state index contributed by atoms with van der Waals surface area (Å²) in [4.78, 5) is 0. The molecule has 20 heavy (non-hydrogen) atoms. The zero-order valence-electron chi connectivity index (χ0n) is 11.6. The second kappa shape index (κ2) is 5.47. The minimum absolute atomic E-state index is 1.13. The largest absolute Gasteiger partial charge is 0.388 e. The Hall–Kier alpha value is -2.13. The van der Waals surface area contributed by atoms with Gasteiger partial charge in [0.2, 0.25) is 5.52 Å². The molecule has 3 aromatic rings. The Labute approximate surface area is 123 Å². The normalized spacial score (nSPS) is 11.3. The summed E-state index contributed by atoms with van der Waals surface area (Å²) in [5, 5.41) is 4.38. The second-order valence-corrected chi connectivity index (χ2v) is 5.73. The van der Waals surface area contributed by atoms with Crippen LogP contribution in [-0.2, 0) is 7.05 Å². The van der Waals surface area contributed by atoms with Crippen LogP contribution < -0.4 is 9.88 Å². The topological polar surface area (TPSA) is 15.9 Å². The van der Waals surface area contributed by atoms with Gasteiger partial charge in [-0.2, -0.15) is 4.57 Å². The molecule has 3 rings (SSSR count). The Morgan fingerprint density at radius 2 is 1.75 bits per heavy atom. The number of anilines is 1. The number of aryl methyl sites for hydroxylation is 1. The van der Waals surface area contributed by atoms with Gasteiger partial charge in [-0.15, -0.1) is 0 Å². The number of fused-ring (bicyclic) bond motifs is 1. The smallest absolute Gasteiger partial charge is 0.262 e. The molecule has 3 heteroatoms. The van der Waals surface area contributed by atoms with E-state index in [-0.39, 0.29) is 0 Å². The molecule has 2 nitrogen and oxygen atoms in total. The molecular weight excluding hydrogens is 264 g/mol. The highest BCUT2D eigenvalue weighted by molar-refractivity contribution is 7.18. The predicted molar refractivity (Wildman–Crippen MR) is 87.9 cm³/mol. The lowest BCUT2D eigenvalue weighted by molar-refractivity contribution is -0.642. The van der Waals surface area contributed by atoms with Crippen LogP contribution in [0.2, 0.25) is 0 Å². The van der Waals surface area contributed by atoms with Crippen LogP contribution in [0.5, 0.6) is 0 Å². The van der Waals surface area contributed by atoms with Gasteiger partial charge in [-0.05, 0) is 29.8 Å². The fourth-order valence-corrected chi connectivity index (χ4v) is 3.25. The van der Waals surface area contributed by atoms with Crippen LogP contribution in [-0.4, -0.2) is 7.05 Å². The van der Waals surface area contributed by atoms with Gasteiger partial charge >= 0.3 is 0 Å². The Kier molecular flexibility index (Phi) is 3.52. The Morgan fingerprint density at radius 3 is 2.45 bits per heavy atom. The Morgan fingerprint density at radius 1 is 1.00 bits per heavy atom. The van der Waals surface area contributed by atoms with E-state index < -0.39 is 0 Å². The van der Waals surface area contributed by atoms with Crippen molar-refractivity contribution in [3.8, 4) is 0 Å². The quantitative estimate of drug-likeness (QED) is 0.719. The molecule has 1 N–H and O–H groups in total. The van der Waals surface area contributed by atoms with Crippen molar-refractivity contribution in [2.45, 2.75) is 0 Å². The molecular formula is C17H17N2S+. The Balaban J connectivity index is 1.91.